The molecule has 2 saturated heterocycles. The first-order chi connectivity index (χ1) is 22.7. The van der Waals surface area contributed by atoms with Gasteiger partial charge in [-0.05, 0) is 64.3 Å². The first kappa shape index (κ1) is 38.3. The van der Waals surface area contributed by atoms with E-state index in [2.05, 4.69) is 58.0 Å². The Morgan fingerprint density at radius 3 is 2.31 bits per heavy atom. The normalized spacial score (nSPS) is 16.3. The molecule has 2 aliphatic rings. The van der Waals surface area contributed by atoms with E-state index in [1.165, 1.54) is 24.5 Å². The van der Waals surface area contributed by atoms with Crippen LogP contribution in [0.5, 0.6) is 11.6 Å². The summed E-state index contributed by atoms with van der Waals surface area (Å²) in [6, 6.07) is 5.02. The maximum atomic E-state index is 14.2. The zero-order valence-corrected chi connectivity index (χ0v) is 29.0. The second-order valence-electron chi connectivity index (χ2n) is 13.3. The molecule has 0 bridgehead atoms. The van der Waals surface area contributed by atoms with Gasteiger partial charge in [-0.1, -0.05) is 27.7 Å². The van der Waals surface area contributed by atoms with E-state index in [9.17, 15) is 18.8 Å². The van der Waals surface area contributed by atoms with Gasteiger partial charge in [-0.2, -0.15) is 0 Å². The molecule has 0 unspecified atom stereocenters. The molecule has 2 aliphatic heterocycles. The van der Waals surface area contributed by atoms with Crippen LogP contribution in [0.4, 0.5) is 10.2 Å². The minimum atomic E-state index is -1.26. The first-order valence-corrected chi connectivity index (χ1v) is 16.5. The van der Waals surface area contributed by atoms with Gasteiger partial charge < -0.3 is 30.1 Å². The standard InChI is InChI=1S/C30H46FN7O2.C4H4O4/c1-8-38(22(6)7)29(39)24-15-23(31)9-10-26(24)40-28-27(33-19-34-35-28)36-14-12-30(16-36)17-37(18-30)25(20(2)3)11-13-32-21(4)5;5-3(6)1-2-4(7)8/h9-10,15,19-22,25,32H,8,11-14,16-18H2,1-7H3;1-2H,(H,5,6)(H,7,8)/b;2-1+/t25-;/m1./s1. The van der Waals surface area contributed by atoms with E-state index in [0.29, 0.717) is 42.5 Å². The highest BCUT2D eigenvalue weighted by Gasteiger charge is 2.50. The average Bonchev–Trinajstić information content (AvgIpc) is 3.45. The minimum Gasteiger partial charge on any atom is -0.478 e. The summed E-state index contributed by atoms with van der Waals surface area (Å²) in [4.78, 5) is 43.5. The SMILES string of the molecule is CCN(C(=O)c1cc(F)ccc1Oc1nncnc1N1CCC2(C1)CN([C@H](CCNC(C)C)C(C)C)C2)C(C)C.O=C(O)/C=C/C(=O)O. The Labute approximate surface area is 282 Å². The van der Waals surface area contributed by atoms with Gasteiger partial charge in [0.2, 0.25) is 0 Å². The number of likely N-dealkylation sites (tertiary alicyclic amines) is 1. The Morgan fingerprint density at radius 1 is 1.08 bits per heavy atom. The van der Waals surface area contributed by atoms with Gasteiger partial charge in [0.15, 0.2) is 5.82 Å². The third-order valence-corrected chi connectivity index (χ3v) is 8.59. The lowest BCUT2D eigenvalue weighted by Crippen LogP contribution is -2.62. The molecular weight excluding hydrogens is 621 g/mol. The number of carbonyl (C=O) groups excluding carboxylic acids is 1. The highest BCUT2D eigenvalue weighted by molar-refractivity contribution is 5.97. The van der Waals surface area contributed by atoms with Crippen molar-refractivity contribution in [1.29, 1.82) is 0 Å². The van der Waals surface area contributed by atoms with E-state index in [-0.39, 0.29) is 34.6 Å². The van der Waals surface area contributed by atoms with Crippen LogP contribution in [-0.4, -0.2) is 110 Å². The summed E-state index contributed by atoms with van der Waals surface area (Å²) in [5.74, 6) is -1.63. The fraction of sp³-hybridized carbons (Fsp3) is 0.588. The fourth-order valence-electron chi connectivity index (χ4n) is 6.33. The summed E-state index contributed by atoms with van der Waals surface area (Å²) in [5.41, 5.74) is 0.378. The van der Waals surface area contributed by atoms with Gasteiger partial charge in [0.1, 0.15) is 17.9 Å². The van der Waals surface area contributed by atoms with Crippen molar-refractivity contribution in [2.45, 2.75) is 79.4 Å². The molecular formula is C34H50FN7O6. The lowest BCUT2D eigenvalue weighted by atomic mass is 9.76. The van der Waals surface area contributed by atoms with E-state index in [0.717, 1.165) is 45.6 Å². The predicted molar refractivity (Wildman–Crippen MR) is 180 cm³/mol. The number of carboxylic acid groups (broad SMARTS) is 2. The molecule has 264 valence electrons. The second kappa shape index (κ2) is 17.3. The van der Waals surface area contributed by atoms with Gasteiger partial charge in [-0.3, -0.25) is 9.69 Å². The number of rotatable bonds is 14. The van der Waals surface area contributed by atoms with Crippen LogP contribution < -0.4 is 15.0 Å². The number of amides is 1. The van der Waals surface area contributed by atoms with Crippen molar-refractivity contribution in [3.05, 3.63) is 48.1 Å². The number of ether oxygens (including phenoxy) is 1. The highest BCUT2D eigenvalue weighted by Crippen LogP contribution is 2.44. The Kier molecular flexibility index (Phi) is 13.8. The van der Waals surface area contributed by atoms with Crippen molar-refractivity contribution in [2.75, 3.05) is 44.2 Å². The predicted octanol–water partition coefficient (Wildman–Crippen LogP) is 4.31. The molecule has 0 radical (unpaired) electrons. The Balaban J connectivity index is 0.000000694. The van der Waals surface area contributed by atoms with Crippen molar-refractivity contribution in [2.24, 2.45) is 11.3 Å². The quantitative estimate of drug-likeness (QED) is 0.245. The lowest BCUT2D eigenvalue weighted by molar-refractivity contribution is -0.134. The maximum absolute atomic E-state index is 14.2. The fourth-order valence-corrected chi connectivity index (χ4v) is 6.33. The number of hydrogen-bond donors (Lipinski definition) is 3. The van der Waals surface area contributed by atoms with E-state index in [4.69, 9.17) is 14.9 Å². The summed E-state index contributed by atoms with van der Waals surface area (Å²) in [5, 5.41) is 27.4. The topological polar surface area (TPSA) is 161 Å². The molecule has 1 aromatic heterocycles. The third kappa shape index (κ3) is 10.4. The van der Waals surface area contributed by atoms with Crippen LogP contribution in [0.3, 0.4) is 0 Å². The molecule has 48 heavy (non-hydrogen) atoms. The second-order valence-corrected chi connectivity index (χ2v) is 13.3. The molecule has 1 amide bonds. The zero-order chi connectivity index (χ0) is 35.6. The van der Waals surface area contributed by atoms with Crippen LogP contribution in [0.25, 0.3) is 0 Å². The largest absolute Gasteiger partial charge is 0.478 e. The molecule has 1 aromatic carbocycles. The smallest absolute Gasteiger partial charge is 0.328 e. The minimum absolute atomic E-state index is 0.0352. The van der Waals surface area contributed by atoms with Gasteiger partial charge in [0.25, 0.3) is 11.8 Å². The summed E-state index contributed by atoms with van der Waals surface area (Å²) in [6.45, 7) is 20.2. The van der Waals surface area contributed by atoms with Crippen LogP contribution in [-0.2, 0) is 9.59 Å². The van der Waals surface area contributed by atoms with Crippen LogP contribution in [0.1, 0.15) is 71.7 Å². The number of carboxylic acids is 2. The number of nitrogens with one attached hydrogen (secondary N) is 1. The molecule has 3 N–H and O–H groups in total. The van der Waals surface area contributed by atoms with Crippen LogP contribution in [0.15, 0.2) is 36.7 Å². The molecule has 2 fully saturated rings. The van der Waals surface area contributed by atoms with Crippen molar-refractivity contribution in [1.82, 2.24) is 30.3 Å². The Morgan fingerprint density at radius 2 is 1.75 bits per heavy atom. The van der Waals surface area contributed by atoms with Gasteiger partial charge in [0, 0.05) is 68.4 Å². The Hall–Kier alpha value is -4.17. The number of nitrogens with zero attached hydrogens (tertiary/aromatic N) is 6. The molecule has 2 aromatic rings. The Bertz CT molecular complexity index is 1410. The van der Waals surface area contributed by atoms with Crippen LogP contribution >= 0.6 is 0 Å². The van der Waals surface area contributed by atoms with Crippen molar-refractivity contribution >= 4 is 23.7 Å². The van der Waals surface area contributed by atoms with Crippen molar-refractivity contribution in [3.8, 4) is 11.6 Å². The number of anilines is 1. The summed E-state index contributed by atoms with van der Waals surface area (Å²) in [6.07, 6.45) is 4.76. The summed E-state index contributed by atoms with van der Waals surface area (Å²) in [7, 11) is 0. The van der Waals surface area contributed by atoms with Gasteiger partial charge in [-0.25, -0.2) is 19.0 Å². The molecule has 13 nitrogen and oxygen atoms in total. The number of benzene rings is 1. The number of aliphatic carboxylic acids is 2. The van der Waals surface area contributed by atoms with E-state index in [1.807, 2.05) is 20.8 Å². The molecule has 0 saturated carbocycles. The highest BCUT2D eigenvalue weighted by atomic mass is 19.1. The summed E-state index contributed by atoms with van der Waals surface area (Å²) < 4.78 is 20.4. The van der Waals surface area contributed by atoms with Crippen molar-refractivity contribution < 1.29 is 33.7 Å². The maximum Gasteiger partial charge on any atom is 0.328 e. The molecule has 3 heterocycles. The monoisotopic (exact) mass is 671 g/mol. The van der Waals surface area contributed by atoms with E-state index in [1.54, 1.807) is 4.90 Å². The van der Waals surface area contributed by atoms with E-state index < -0.39 is 17.8 Å². The molecule has 1 spiro atoms. The lowest BCUT2D eigenvalue weighted by Gasteiger charge is -2.53. The molecule has 0 aliphatic carbocycles. The molecule has 14 heteroatoms. The van der Waals surface area contributed by atoms with Gasteiger partial charge >= 0.3 is 11.9 Å². The van der Waals surface area contributed by atoms with E-state index >= 15 is 0 Å². The van der Waals surface area contributed by atoms with Gasteiger partial charge in [-0.15, -0.1) is 10.2 Å². The third-order valence-electron chi connectivity index (χ3n) is 8.59. The first-order valence-electron chi connectivity index (χ1n) is 16.5. The zero-order valence-electron chi connectivity index (χ0n) is 29.0. The van der Waals surface area contributed by atoms with Crippen molar-refractivity contribution in [3.63, 3.8) is 0 Å². The number of halogens is 1. The molecule has 1 atom stereocenters. The number of hydrogen-bond acceptors (Lipinski definition) is 10. The van der Waals surface area contributed by atoms with Crippen LogP contribution in [0.2, 0.25) is 0 Å². The number of carbonyl (C=O) groups is 3. The summed E-state index contributed by atoms with van der Waals surface area (Å²) >= 11 is 0. The van der Waals surface area contributed by atoms with Gasteiger partial charge in [0.05, 0.1) is 5.56 Å². The number of aromatic nitrogens is 3. The van der Waals surface area contributed by atoms with Crippen LogP contribution in [0, 0.1) is 17.2 Å². The average molecular weight is 672 g/mol. The molecule has 4 rings (SSSR count).